The summed E-state index contributed by atoms with van der Waals surface area (Å²) in [7, 11) is 0.898. The molecule has 3 aromatic carbocycles. The number of anilines is 1. The van der Waals surface area contributed by atoms with Gasteiger partial charge in [-0.25, -0.2) is 4.79 Å². The Kier molecular flexibility index (Phi) is 13.5. The number of carbonyl (C=O) groups excluding carboxylic acids is 1. The van der Waals surface area contributed by atoms with Gasteiger partial charge in [-0.2, -0.15) is 13.2 Å². The van der Waals surface area contributed by atoms with E-state index in [-0.39, 0.29) is 36.1 Å². The van der Waals surface area contributed by atoms with Crippen LogP contribution < -0.4 is 25.4 Å². The van der Waals surface area contributed by atoms with Crippen LogP contribution in [0.25, 0.3) is 0 Å². The van der Waals surface area contributed by atoms with Crippen molar-refractivity contribution < 1.29 is 52.1 Å². The van der Waals surface area contributed by atoms with Gasteiger partial charge in [0.05, 0.1) is 17.6 Å². The molecule has 16 heteroatoms. The molecule has 0 fully saturated rings. The molecule has 54 heavy (non-hydrogen) atoms. The Morgan fingerprint density at radius 2 is 1.65 bits per heavy atom. The maximum absolute atomic E-state index is 15.6. The summed E-state index contributed by atoms with van der Waals surface area (Å²) in [5, 5.41) is 40.5. The highest BCUT2D eigenvalue weighted by Crippen LogP contribution is 2.56. The monoisotopic (exact) mass is 758 g/mol. The zero-order valence-electron chi connectivity index (χ0n) is 30.5. The molecule has 0 radical (unpaired) electrons. The zero-order chi connectivity index (χ0) is 39.8. The second kappa shape index (κ2) is 17.6. The fourth-order valence-corrected chi connectivity index (χ4v) is 6.69. The topological polar surface area (TPSA) is 182 Å². The van der Waals surface area contributed by atoms with Crippen LogP contribution in [0.4, 0.5) is 24.5 Å². The number of alkyl halides is 3. The minimum atomic E-state index is -5.17. The number of non-ortho nitro benzene ring substituents is 1. The van der Waals surface area contributed by atoms with E-state index >= 15 is 13.2 Å². The molecule has 0 spiro atoms. The van der Waals surface area contributed by atoms with Crippen LogP contribution in [0, 0.1) is 16.0 Å². The van der Waals surface area contributed by atoms with Gasteiger partial charge in [-0.1, -0.05) is 45.0 Å². The summed E-state index contributed by atoms with van der Waals surface area (Å²) in [5.74, 6) is -7.50. The number of carboxylic acids is 1. The number of rotatable bonds is 17. The molecule has 0 amide bonds. The molecule has 5 atom stereocenters. The van der Waals surface area contributed by atoms with Crippen LogP contribution in [0.1, 0.15) is 50.7 Å². The van der Waals surface area contributed by atoms with Gasteiger partial charge in [0, 0.05) is 54.5 Å². The van der Waals surface area contributed by atoms with E-state index < -0.39 is 63.7 Å². The number of carboxylic acid groups (broad SMARTS) is 1. The van der Waals surface area contributed by atoms with Crippen molar-refractivity contribution in [1.82, 2.24) is 10.6 Å². The number of allylic oxidation sites excluding steroid dienone is 1. The van der Waals surface area contributed by atoms with Crippen LogP contribution >= 0.6 is 0 Å². The van der Waals surface area contributed by atoms with Gasteiger partial charge in [0.15, 0.2) is 5.54 Å². The highest BCUT2D eigenvalue weighted by molar-refractivity contribution is 5.92. The number of methoxy groups -OCH3 is 1. The SMILES string of the molecule is COC(=O)C1C(c2cccc([N+](=O)[O-])c2)C(C(=O)O)=C(C)NC1(C(C)c1ccc(OCCNc2ccc(OCC(O)CNC(C)C)cc2)cc1)C(F)(F)F. The number of nitro benzene ring substituents is 1. The van der Waals surface area contributed by atoms with E-state index in [4.69, 9.17) is 14.2 Å². The number of hydrogen-bond acceptors (Lipinski definition) is 11. The van der Waals surface area contributed by atoms with Crippen molar-refractivity contribution in [2.75, 3.05) is 38.7 Å². The van der Waals surface area contributed by atoms with Gasteiger partial charge >= 0.3 is 18.1 Å². The summed E-state index contributed by atoms with van der Waals surface area (Å²) >= 11 is 0. The number of nitro groups is 1. The molecule has 292 valence electrons. The van der Waals surface area contributed by atoms with Gasteiger partial charge in [0.25, 0.3) is 5.69 Å². The molecule has 5 unspecified atom stereocenters. The fraction of sp³-hybridized carbons (Fsp3) is 0.421. The molecule has 3 aromatic rings. The van der Waals surface area contributed by atoms with E-state index in [0.29, 0.717) is 24.6 Å². The predicted octanol–water partition coefficient (Wildman–Crippen LogP) is 5.76. The number of aliphatic hydroxyl groups excluding tert-OH is 1. The van der Waals surface area contributed by atoms with Crippen molar-refractivity contribution in [3.63, 3.8) is 0 Å². The molecule has 0 saturated heterocycles. The second-order valence-corrected chi connectivity index (χ2v) is 13.3. The van der Waals surface area contributed by atoms with Crippen molar-refractivity contribution in [3.8, 4) is 11.5 Å². The highest BCUT2D eigenvalue weighted by atomic mass is 19.4. The van der Waals surface area contributed by atoms with Gasteiger partial charge < -0.3 is 40.4 Å². The van der Waals surface area contributed by atoms with Crippen LogP contribution in [0.5, 0.6) is 11.5 Å². The van der Waals surface area contributed by atoms with Crippen LogP contribution in [-0.4, -0.2) is 84.3 Å². The molecule has 0 bridgehead atoms. The Morgan fingerprint density at radius 1 is 1.02 bits per heavy atom. The average Bonchev–Trinajstić information content (AvgIpc) is 3.13. The number of esters is 1. The van der Waals surface area contributed by atoms with E-state index in [0.717, 1.165) is 24.9 Å². The Labute approximate surface area is 310 Å². The molecule has 1 aliphatic heterocycles. The van der Waals surface area contributed by atoms with Gasteiger partial charge in [0.2, 0.25) is 0 Å². The Hall–Kier alpha value is -5.35. The molecule has 0 aliphatic carbocycles. The third-order valence-electron chi connectivity index (χ3n) is 9.35. The number of carbonyl (C=O) groups is 2. The summed E-state index contributed by atoms with van der Waals surface area (Å²) in [5.41, 5.74) is -3.74. The number of nitrogens with zero attached hydrogens (tertiary/aromatic N) is 1. The quantitative estimate of drug-likeness (QED) is 0.0487. The lowest BCUT2D eigenvalue weighted by Gasteiger charge is -2.51. The minimum absolute atomic E-state index is 0.140. The van der Waals surface area contributed by atoms with E-state index in [1.54, 1.807) is 12.1 Å². The van der Waals surface area contributed by atoms with Crippen LogP contribution in [0.15, 0.2) is 84.1 Å². The largest absolute Gasteiger partial charge is 0.492 e. The summed E-state index contributed by atoms with van der Waals surface area (Å²) in [4.78, 5) is 36.9. The van der Waals surface area contributed by atoms with Crippen molar-refractivity contribution in [2.45, 2.75) is 63.4 Å². The molecule has 1 heterocycles. The van der Waals surface area contributed by atoms with E-state index in [1.807, 2.05) is 26.0 Å². The fourth-order valence-electron chi connectivity index (χ4n) is 6.69. The molecular weight excluding hydrogens is 713 g/mol. The Balaban J connectivity index is 1.52. The smallest absolute Gasteiger partial charge is 0.412 e. The maximum Gasteiger partial charge on any atom is 0.412 e. The second-order valence-electron chi connectivity index (χ2n) is 13.3. The van der Waals surface area contributed by atoms with Gasteiger partial charge in [0.1, 0.15) is 36.7 Å². The molecule has 5 N–H and O–H groups in total. The van der Waals surface area contributed by atoms with E-state index in [9.17, 15) is 29.9 Å². The van der Waals surface area contributed by atoms with Crippen molar-refractivity contribution in [2.24, 2.45) is 5.92 Å². The first-order chi connectivity index (χ1) is 25.5. The zero-order valence-corrected chi connectivity index (χ0v) is 30.5. The summed E-state index contributed by atoms with van der Waals surface area (Å²) in [6.45, 7) is 7.55. The number of halogens is 3. The van der Waals surface area contributed by atoms with Crippen LogP contribution in [0.2, 0.25) is 0 Å². The normalized spacial score (nSPS) is 19.7. The first-order valence-corrected chi connectivity index (χ1v) is 17.2. The standard InChI is InChI=1S/C38H45F3N4O9/c1-22(2)43-20-29(46)21-54-31-15-11-27(12-16-31)42-17-18-53-30-13-9-25(10-14-30)23(3)37(38(39,40)41)34(36(49)52-5)33(32(35(47)48)24(4)44-37)26-7-6-8-28(19-26)45(50)51/h6-16,19,22-23,29,33-34,42-44,46H,17-18,20-21H2,1-5H3,(H,47,48). The summed E-state index contributed by atoms with van der Waals surface area (Å²) in [6.07, 6.45) is -5.83. The number of aliphatic hydroxyl groups is 1. The van der Waals surface area contributed by atoms with Gasteiger partial charge in [-0.15, -0.1) is 0 Å². The predicted molar refractivity (Wildman–Crippen MR) is 194 cm³/mol. The number of hydrogen-bond donors (Lipinski definition) is 5. The van der Waals surface area contributed by atoms with Crippen molar-refractivity contribution in [3.05, 3.63) is 105 Å². The van der Waals surface area contributed by atoms with Crippen LogP contribution in [0.3, 0.4) is 0 Å². The third kappa shape index (κ3) is 9.41. The molecule has 0 saturated carbocycles. The van der Waals surface area contributed by atoms with Crippen LogP contribution in [-0.2, 0) is 14.3 Å². The van der Waals surface area contributed by atoms with E-state index in [1.165, 1.54) is 50.2 Å². The minimum Gasteiger partial charge on any atom is -0.492 e. The highest BCUT2D eigenvalue weighted by Gasteiger charge is 2.69. The average molecular weight is 759 g/mol. The van der Waals surface area contributed by atoms with Crippen molar-refractivity contribution >= 4 is 23.3 Å². The molecular formula is C38H45F3N4O9. The summed E-state index contributed by atoms with van der Waals surface area (Å²) < 4.78 is 63.3. The first-order valence-electron chi connectivity index (χ1n) is 17.2. The number of aliphatic carboxylic acids is 1. The first kappa shape index (κ1) is 41.4. The van der Waals surface area contributed by atoms with Gasteiger partial charge in [-0.05, 0) is 54.4 Å². The Bertz CT molecular complexity index is 1800. The number of ether oxygens (including phenoxy) is 3. The third-order valence-corrected chi connectivity index (χ3v) is 9.35. The molecule has 1 aliphatic rings. The van der Waals surface area contributed by atoms with Gasteiger partial charge in [-0.3, -0.25) is 14.9 Å². The lowest BCUT2D eigenvalue weighted by atomic mass is 9.61. The molecule has 13 nitrogen and oxygen atoms in total. The summed E-state index contributed by atoms with van der Waals surface area (Å²) in [6, 6.07) is 17.8. The van der Waals surface area contributed by atoms with E-state index in [2.05, 4.69) is 16.0 Å². The lowest BCUT2D eigenvalue weighted by Crippen LogP contribution is -2.69. The van der Waals surface area contributed by atoms with Crippen molar-refractivity contribution in [1.29, 1.82) is 0 Å². The Morgan fingerprint density at radius 3 is 2.22 bits per heavy atom. The maximum atomic E-state index is 15.6. The molecule has 0 aromatic heterocycles. The molecule has 4 rings (SSSR count). The number of nitrogens with one attached hydrogen (secondary N) is 3. The number of benzene rings is 3. The lowest BCUT2D eigenvalue weighted by molar-refractivity contribution is -0.384.